The smallest absolute Gasteiger partial charge is 0.241 e. The summed E-state index contributed by atoms with van der Waals surface area (Å²) in [5.41, 5.74) is 7.22. The molecule has 1 atom stereocenters. The summed E-state index contributed by atoms with van der Waals surface area (Å²) in [5, 5.41) is 3.36. The van der Waals surface area contributed by atoms with Crippen molar-refractivity contribution in [1.82, 2.24) is 5.32 Å². The molecule has 0 radical (unpaired) electrons. The molecular weight excluding hydrogens is 264 g/mol. The van der Waals surface area contributed by atoms with Crippen LogP contribution in [0.4, 0.5) is 0 Å². The highest BCUT2D eigenvalue weighted by atomic mass is 16.5. The van der Waals surface area contributed by atoms with Gasteiger partial charge in [0.25, 0.3) is 0 Å². The third-order valence-corrected chi connectivity index (χ3v) is 4.05. The summed E-state index contributed by atoms with van der Waals surface area (Å²) in [5.74, 6) is 0.782. The maximum absolute atomic E-state index is 12.1. The second kappa shape index (κ2) is 6.06. The summed E-state index contributed by atoms with van der Waals surface area (Å²) < 4.78 is 5.96. The van der Waals surface area contributed by atoms with Crippen LogP contribution in [0.15, 0.2) is 18.2 Å². The van der Waals surface area contributed by atoms with Crippen molar-refractivity contribution in [3.63, 3.8) is 0 Å². The molecule has 1 unspecified atom stereocenters. The first-order valence-corrected chi connectivity index (χ1v) is 7.63. The molecule has 1 amide bonds. The Morgan fingerprint density at radius 1 is 1.43 bits per heavy atom. The molecule has 4 nitrogen and oxygen atoms in total. The molecule has 1 saturated carbocycles. The predicted octanol–water partition coefficient (Wildman–Crippen LogP) is 2.31. The van der Waals surface area contributed by atoms with Crippen molar-refractivity contribution in [2.45, 2.75) is 52.1 Å². The lowest BCUT2D eigenvalue weighted by molar-refractivity contribution is -0.127. The lowest BCUT2D eigenvalue weighted by atomic mass is 9.92. The van der Waals surface area contributed by atoms with Crippen molar-refractivity contribution in [1.29, 1.82) is 0 Å². The van der Waals surface area contributed by atoms with Gasteiger partial charge in [0.2, 0.25) is 5.91 Å². The van der Waals surface area contributed by atoms with Crippen LogP contribution in [0.2, 0.25) is 0 Å². The fourth-order valence-corrected chi connectivity index (χ4v) is 2.86. The zero-order valence-corrected chi connectivity index (χ0v) is 13.4. The largest absolute Gasteiger partial charge is 0.491 e. The number of carbonyl (C=O) groups excluding carboxylic acids is 1. The minimum Gasteiger partial charge on any atom is -0.491 e. The highest BCUT2D eigenvalue weighted by Gasteiger charge is 2.50. The van der Waals surface area contributed by atoms with Gasteiger partial charge in [-0.05, 0) is 58.1 Å². The van der Waals surface area contributed by atoms with Crippen LogP contribution in [0.1, 0.15) is 37.8 Å². The van der Waals surface area contributed by atoms with Crippen LogP contribution >= 0.6 is 0 Å². The molecule has 0 saturated heterocycles. The molecule has 1 aliphatic rings. The van der Waals surface area contributed by atoms with E-state index in [4.69, 9.17) is 10.5 Å². The molecule has 1 aliphatic carbocycles. The van der Waals surface area contributed by atoms with Crippen LogP contribution in [0.5, 0.6) is 5.75 Å². The molecule has 3 N–H and O–H groups in total. The van der Waals surface area contributed by atoms with E-state index in [1.807, 2.05) is 32.9 Å². The Kier molecular flexibility index (Phi) is 4.57. The van der Waals surface area contributed by atoms with E-state index in [0.717, 1.165) is 24.2 Å². The van der Waals surface area contributed by atoms with Crippen molar-refractivity contribution in [3.8, 4) is 5.75 Å². The standard InChI is InChI=1S/C17H26N2O2/c1-11(2)19-17(16(18)20,14-6-7-14)10-21-15-8-5-12(3)9-13(15)4/h5,8-9,11,14,19H,6-7,10H2,1-4H3,(H2,18,20). The van der Waals surface area contributed by atoms with Gasteiger partial charge in [0.05, 0.1) is 0 Å². The van der Waals surface area contributed by atoms with Crippen LogP contribution < -0.4 is 15.8 Å². The second-order valence-corrected chi connectivity index (χ2v) is 6.47. The molecule has 1 aromatic rings. The lowest BCUT2D eigenvalue weighted by Crippen LogP contribution is -2.62. The summed E-state index contributed by atoms with van der Waals surface area (Å²) in [7, 11) is 0. The van der Waals surface area contributed by atoms with Gasteiger partial charge in [0.15, 0.2) is 0 Å². The van der Waals surface area contributed by atoms with Gasteiger partial charge in [0.1, 0.15) is 17.9 Å². The maximum Gasteiger partial charge on any atom is 0.241 e. The Morgan fingerprint density at radius 3 is 2.57 bits per heavy atom. The topological polar surface area (TPSA) is 64.3 Å². The van der Waals surface area contributed by atoms with E-state index >= 15 is 0 Å². The number of hydrogen-bond acceptors (Lipinski definition) is 3. The van der Waals surface area contributed by atoms with Crippen LogP contribution in [-0.4, -0.2) is 24.1 Å². The zero-order valence-electron chi connectivity index (χ0n) is 13.4. The summed E-state index contributed by atoms with van der Waals surface area (Å²) >= 11 is 0. The number of nitrogens with two attached hydrogens (primary N) is 1. The Balaban J connectivity index is 2.17. The van der Waals surface area contributed by atoms with Gasteiger partial charge in [0, 0.05) is 6.04 Å². The molecule has 21 heavy (non-hydrogen) atoms. The van der Waals surface area contributed by atoms with E-state index in [9.17, 15) is 4.79 Å². The molecule has 116 valence electrons. The number of aryl methyl sites for hydroxylation is 2. The van der Waals surface area contributed by atoms with Crippen molar-refractivity contribution in [2.75, 3.05) is 6.61 Å². The van der Waals surface area contributed by atoms with Crippen molar-refractivity contribution < 1.29 is 9.53 Å². The van der Waals surface area contributed by atoms with Gasteiger partial charge in [-0.15, -0.1) is 0 Å². The normalized spacial score (nSPS) is 17.6. The summed E-state index contributed by atoms with van der Waals surface area (Å²) in [6.07, 6.45) is 2.05. The SMILES string of the molecule is Cc1ccc(OCC(NC(C)C)(C(N)=O)C2CC2)c(C)c1. The molecule has 4 heteroatoms. The Labute approximate surface area is 127 Å². The molecule has 0 heterocycles. The first-order chi connectivity index (χ1) is 9.85. The van der Waals surface area contributed by atoms with Gasteiger partial charge in [-0.2, -0.15) is 0 Å². The van der Waals surface area contributed by atoms with Gasteiger partial charge >= 0.3 is 0 Å². The average Bonchev–Trinajstić information content (AvgIpc) is 3.19. The molecule has 2 rings (SSSR count). The predicted molar refractivity (Wildman–Crippen MR) is 84.3 cm³/mol. The van der Waals surface area contributed by atoms with E-state index in [2.05, 4.69) is 18.3 Å². The molecule has 1 aromatic carbocycles. The first kappa shape index (κ1) is 15.8. The minimum atomic E-state index is -0.758. The fourth-order valence-electron chi connectivity index (χ4n) is 2.86. The molecular formula is C17H26N2O2. The summed E-state index contributed by atoms with van der Waals surface area (Å²) in [6, 6.07) is 6.23. The third-order valence-electron chi connectivity index (χ3n) is 4.05. The lowest BCUT2D eigenvalue weighted by Gasteiger charge is -2.34. The number of hydrogen-bond donors (Lipinski definition) is 2. The molecule has 0 bridgehead atoms. The number of benzene rings is 1. The van der Waals surface area contributed by atoms with E-state index in [0.29, 0.717) is 0 Å². The van der Waals surface area contributed by atoms with Gasteiger partial charge in [-0.25, -0.2) is 0 Å². The maximum atomic E-state index is 12.1. The Bertz CT molecular complexity index is 524. The van der Waals surface area contributed by atoms with E-state index in [1.54, 1.807) is 0 Å². The zero-order chi connectivity index (χ0) is 15.6. The monoisotopic (exact) mass is 290 g/mol. The number of carbonyl (C=O) groups is 1. The third kappa shape index (κ3) is 3.56. The minimum absolute atomic E-state index is 0.181. The highest BCUT2D eigenvalue weighted by molar-refractivity contribution is 5.86. The van der Waals surface area contributed by atoms with E-state index in [1.165, 1.54) is 5.56 Å². The molecule has 0 aromatic heterocycles. The second-order valence-electron chi connectivity index (χ2n) is 6.47. The quantitative estimate of drug-likeness (QED) is 0.810. The fraction of sp³-hybridized carbons (Fsp3) is 0.588. The number of ether oxygens (including phenoxy) is 1. The van der Waals surface area contributed by atoms with Gasteiger partial charge in [-0.3, -0.25) is 10.1 Å². The van der Waals surface area contributed by atoms with Crippen LogP contribution in [0, 0.1) is 19.8 Å². The number of primary amides is 1. The molecule has 0 spiro atoms. The van der Waals surface area contributed by atoms with E-state index < -0.39 is 5.54 Å². The first-order valence-electron chi connectivity index (χ1n) is 7.63. The van der Waals surface area contributed by atoms with Crippen LogP contribution in [0.3, 0.4) is 0 Å². The summed E-state index contributed by atoms with van der Waals surface area (Å²) in [6.45, 7) is 8.40. The van der Waals surface area contributed by atoms with Crippen molar-refractivity contribution in [2.24, 2.45) is 11.7 Å². The Morgan fingerprint density at radius 2 is 2.10 bits per heavy atom. The van der Waals surface area contributed by atoms with Crippen molar-refractivity contribution >= 4 is 5.91 Å². The Hall–Kier alpha value is -1.55. The highest BCUT2D eigenvalue weighted by Crippen LogP contribution is 2.40. The number of amides is 1. The number of rotatable bonds is 7. The van der Waals surface area contributed by atoms with Gasteiger partial charge < -0.3 is 10.5 Å². The van der Waals surface area contributed by atoms with Crippen LogP contribution in [0.25, 0.3) is 0 Å². The van der Waals surface area contributed by atoms with E-state index in [-0.39, 0.29) is 24.5 Å². The summed E-state index contributed by atoms with van der Waals surface area (Å²) in [4.78, 5) is 12.1. The van der Waals surface area contributed by atoms with Gasteiger partial charge in [-0.1, -0.05) is 17.7 Å². The number of nitrogens with one attached hydrogen (secondary N) is 1. The van der Waals surface area contributed by atoms with Crippen LogP contribution in [-0.2, 0) is 4.79 Å². The molecule has 1 fully saturated rings. The van der Waals surface area contributed by atoms with Crippen molar-refractivity contribution in [3.05, 3.63) is 29.3 Å². The molecule has 0 aliphatic heterocycles. The average molecular weight is 290 g/mol.